The number of benzene rings is 1. The van der Waals surface area contributed by atoms with E-state index in [1.165, 1.54) is 6.20 Å². The molecule has 0 bridgehead atoms. The van der Waals surface area contributed by atoms with E-state index in [4.69, 9.17) is 11.6 Å². The van der Waals surface area contributed by atoms with E-state index in [9.17, 15) is 4.79 Å². The average Bonchev–Trinajstić information content (AvgIpc) is 2.58. The predicted molar refractivity (Wildman–Crippen MR) is 90.2 cm³/mol. The van der Waals surface area contributed by atoms with E-state index >= 15 is 0 Å². The second kappa shape index (κ2) is 6.93. The van der Waals surface area contributed by atoms with Gasteiger partial charge in [-0.3, -0.25) is 4.79 Å². The number of aromatic nitrogens is 2. The number of amides is 1. The Morgan fingerprint density at radius 2 is 1.87 bits per heavy atom. The first-order chi connectivity index (χ1) is 11.1. The summed E-state index contributed by atoms with van der Waals surface area (Å²) in [7, 11) is 2.05. The van der Waals surface area contributed by atoms with Crippen molar-refractivity contribution in [3.05, 3.63) is 47.4 Å². The van der Waals surface area contributed by atoms with Gasteiger partial charge >= 0.3 is 0 Å². The minimum Gasteiger partial charge on any atom is -0.338 e. The van der Waals surface area contributed by atoms with Crippen molar-refractivity contribution < 1.29 is 4.79 Å². The molecule has 1 amide bonds. The summed E-state index contributed by atoms with van der Waals surface area (Å²) >= 11 is 6.09. The van der Waals surface area contributed by atoms with Crippen LogP contribution in [0, 0.1) is 0 Å². The van der Waals surface area contributed by atoms with Gasteiger partial charge in [-0.1, -0.05) is 23.7 Å². The molecular weight excluding hydrogens is 314 g/mol. The third-order valence-electron chi connectivity index (χ3n) is 3.80. The average molecular weight is 332 g/mol. The summed E-state index contributed by atoms with van der Waals surface area (Å²) in [6, 6.07) is 7.39. The summed E-state index contributed by atoms with van der Waals surface area (Å²) < 4.78 is 0. The molecule has 6 nitrogen and oxygen atoms in total. The molecule has 1 saturated heterocycles. The summed E-state index contributed by atoms with van der Waals surface area (Å²) in [5.41, 5.74) is 1.11. The Kier molecular flexibility index (Phi) is 4.73. The molecule has 0 radical (unpaired) electrons. The standard InChI is InChI=1S/C16H18ClN5O/c1-21-6-8-22(9-7-21)16(23)14-10-19-15(11-18-14)20-13-5-3-2-4-12(13)17/h2-5,10-11H,6-9H2,1H3,(H,19,20). The number of carbonyl (C=O) groups is 1. The van der Waals surface area contributed by atoms with Crippen molar-refractivity contribution in [3.8, 4) is 0 Å². The van der Waals surface area contributed by atoms with Crippen LogP contribution in [-0.4, -0.2) is 58.9 Å². The highest BCUT2D eigenvalue weighted by Crippen LogP contribution is 2.23. The number of halogens is 1. The molecule has 0 atom stereocenters. The van der Waals surface area contributed by atoms with Crippen LogP contribution < -0.4 is 5.32 Å². The highest BCUT2D eigenvalue weighted by Gasteiger charge is 2.21. The van der Waals surface area contributed by atoms with Gasteiger partial charge in [0.15, 0.2) is 0 Å². The normalized spacial score (nSPS) is 15.5. The van der Waals surface area contributed by atoms with Crippen LogP contribution in [0.2, 0.25) is 5.02 Å². The van der Waals surface area contributed by atoms with E-state index < -0.39 is 0 Å². The number of anilines is 2. The van der Waals surface area contributed by atoms with Crippen molar-refractivity contribution in [1.29, 1.82) is 0 Å². The quantitative estimate of drug-likeness (QED) is 0.934. The maximum atomic E-state index is 12.4. The van der Waals surface area contributed by atoms with Gasteiger partial charge in [-0.25, -0.2) is 9.97 Å². The SMILES string of the molecule is CN1CCN(C(=O)c2cnc(Nc3ccccc3Cl)cn2)CC1. The smallest absolute Gasteiger partial charge is 0.274 e. The lowest BCUT2D eigenvalue weighted by Crippen LogP contribution is -2.47. The molecule has 0 aliphatic carbocycles. The maximum Gasteiger partial charge on any atom is 0.274 e. The summed E-state index contributed by atoms with van der Waals surface area (Å²) in [4.78, 5) is 24.9. The number of nitrogens with one attached hydrogen (secondary N) is 1. The van der Waals surface area contributed by atoms with Crippen LogP contribution in [0.25, 0.3) is 0 Å². The molecule has 7 heteroatoms. The Morgan fingerprint density at radius 1 is 1.13 bits per heavy atom. The molecule has 3 rings (SSSR count). The number of carbonyl (C=O) groups excluding carboxylic acids is 1. The van der Waals surface area contributed by atoms with Crippen LogP contribution in [0.4, 0.5) is 11.5 Å². The number of nitrogens with zero attached hydrogens (tertiary/aromatic N) is 4. The first-order valence-corrected chi connectivity index (χ1v) is 7.83. The lowest BCUT2D eigenvalue weighted by Gasteiger charge is -2.32. The lowest BCUT2D eigenvalue weighted by molar-refractivity contribution is 0.0658. The molecule has 23 heavy (non-hydrogen) atoms. The molecular formula is C16H18ClN5O. The summed E-state index contributed by atoms with van der Waals surface area (Å²) in [5, 5.41) is 3.69. The van der Waals surface area contributed by atoms with Crippen LogP contribution >= 0.6 is 11.6 Å². The molecule has 0 spiro atoms. The topological polar surface area (TPSA) is 61.4 Å². The van der Waals surface area contributed by atoms with Crippen LogP contribution in [0.1, 0.15) is 10.5 Å². The van der Waals surface area contributed by atoms with Gasteiger partial charge in [-0.15, -0.1) is 0 Å². The molecule has 0 saturated carbocycles. The fourth-order valence-electron chi connectivity index (χ4n) is 2.38. The first-order valence-electron chi connectivity index (χ1n) is 7.45. The number of hydrogen-bond acceptors (Lipinski definition) is 5. The molecule has 1 aromatic heterocycles. The molecule has 120 valence electrons. The van der Waals surface area contributed by atoms with Crippen molar-refractivity contribution in [2.24, 2.45) is 0 Å². The van der Waals surface area contributed by atoms with E-state index in [1.807, 2.05) is 23.1 Å². The van der Waals surface area contributed by atoms with E-state index in [1.54, 1.807) is 12.3 Å². The van der Waals surface area contributed by atoms with E-state index in [2.05, 4.69) is 27.2 Å². The zero-order valence-electron chi connectivity index (χ0n) is 12.9. The highest BCUT2D eigenvalue weighted by molar-refractivity contribution is 6.33. The Labute approximate surface area is 140 Å². The molecule has 1 N–H and O–H groups in total. The van der Waals surface area contributed by atoms with Crippen LogP contribution in [0.3, 0.4) is 0 Å². The van der Waals surface area contributed by atoms with Gasteiger partial charge < -0.3 is 15.1 Å². The minimum atomic E-state index is -0.0742. The predicted octanol–water partition coefficient (Wildman–Crippen LogP) is 2.26. The Bertz CT molecular complexity index is 683. The first kappa shape index (κ1) is 15.7. The second-order valence-electron chi connectivity index (χ2n) is 5.49. The largest absolute Gasteiger partial charge is 0.338 e. The van der Waals surface area contributed by atoms with Crippen molar-refractivity contribution in [3.63, 3.8) is 0 Å². The van der Waals surface area contributed by atoms with Gasteiger partial charge in [0.25, 0.3) is 5.91 Å². The zero-order chi connectivity index (χ0) is 16.2. The molecule has 2 heterocycles. The number of piperazine rings is 1. The molecule has 1 aliphatic heterocycles. The zero-order valence-corrected chi connectivity index (χ0v) is 13.6. The van der Waals surface area contributed by atoms with Gasteiger partial charge in [0.05, 0.1) is 23.1 Å². The highest BCUT2D eigenvalue weighted by atomic mass is 35.5. The van der Waals surface area contributed by atoms with E-state index in [0.717, 1.165) is 31.9 Å². The van der Waals surface area contributed by atoms with Crippen molar-refractivity contribution in [1.82, 2.24) is 19.8 Å². The number of likely N-dealkylation sites (N-methyl/N-ethyl adjacent to an activating group) is 1. The van der Waals surface area contributed by atoms with Crippen LogP contribution in [0.15, 0.2) is 36.7 Å². The Morgan fingerprint density at radius 3 is 2.52 bits per heavy atom. The third kappa shape index (κ3) is 3.78. The summed E-state index contributed by atoms with van der Waals surface area (Å²) in [6.45, 7) is 3.20. The molecule has 2 aromatic rings. The van der Waals surface area contributed by atoms with Gasteiger partial charge in [0.1, 0.15) is 11.5 Å². The fraction of sp³-hybridized carbons (Fsp3) is 0.312. The number of para-hydroxylation sites is 1. The van der Waals surface area contributed by atoms with E-state index in [0.29, 0.717) is 16.5 Å². The van der Waals surface area contributed by atoms with Crippen molar-refractivity contribution in [2.75, 3.05) is 38.5 Å². The van der Waals surface area contributed by atoms with E-state index in [-0.39, 0.29) is 5.91 Å². The number of rotatable bonds is 3. The van der Waals surface area contributed by atoms with Crippen molar-refractivity contribution >= 4 is 29.0 Å². The van der Waals surface area contributed by atoms with Crippen LogP contribution in [0.5, 0.6) is 0 Å². The Balaban J connectivity index is 1.67. The van der Waals surface area contributed by atoms with Gasteiger partial charge in [-0.05, 0) is 19.2 Å². The van der Waals surface area contributed by atoms with Crippen molar-refractivity contribution in [2.45, 2.75) is 0 Å². The second-order valence-corrected chi connectivity index (χ2v) is 5.89. The molecule has 1 aliphatic rings. The fourth-order valence-corrected chi connectivity index (χ4v) is 2.56. The molecule has 0 unspecified atom stereocenters. The molecule has 1 aromatic carbocycles. The summed E-state index contributed by atoms with van der Waals surface area (Å²) in [6.07, 6.45) is 3.05. The van der Waals surface area contributed by atoms with Gasteiger partial charge in [0, 0.05) is 26.2 Å². The Hall–Kier alpha value is -2.18. The monoisotopic (exact) mass is 331 g/mol. The maximum absolute atomic E-state index is 12.4. The van der Waals surface area contributed by atoms with Gasteiger partial charge in [0.2, 0.25) is 0 Å². The summed E-state index contributed by atoms with van der Waals surface area (Å²) in [5.74, 6) is 0.475. The van der Waals surface area contributed by atoms with Gasteiger partial charge in [-0.2, -0.15) is 0 Å². The third-order valence-corrected chi connectivity index (χ3v) is 4.13. The lowest BCUT2D eigenvalue weighted by atomic mass is 10.3. The minimum absolute atomic E-state index is 0.0742. The van der Waals surface area contributed by atoms with Crippen LogP contribution in [-0.2, 0) is 0 Å². The number of hydrogen-bond donors (Lipinski definition) is 1. The molecule has 1 fully saturated rings.